The minimum absolute atomic E-state index is 0.102. The molecule has 1 saturated heterocycles. The third kappa shape index (κ3) is 3.31. The maximum absolute atomic E-state index is 13.5. The van der Waals surface area contributed by atoms with E-state index in [0.29, 0.717) is 30.1 Å². The first-order valence-corrected chi connectivity index (χ1v) is 7.86. The Morgan fingerprint density at radius 3 is 2.79 bits per heavy atom. The first-order valence-electron chi connectivity index (χ1n) is 7.86. The van der Waals surface area contributed by atoms with Crippen LogP contribution in [0.3, 0.4) is 0 Å². The number of aromatic nitrogens is 1. The van der Waals surface area contributed by atoms with E-state index in [1.807, 2.05) is 0 Å². The summed E-state index contributed by atoms with van der Waals surface area (Å²) in [5.41, 5.74) is 1.20. The molecule has 2 atom stereocenters. The van der Waals surface area contributed by atoms with Crippen molar-refractivity contribution in [1.29, 1.82) is 0 Å². The maximum atomic E-state index is 13.5. The van der Waals surface area contributed by atoms with Gasteiger partial charge in [-0.3, -0.25) is 4.79 Å². The molecule has 7 heteroatoms. The Hall–Kier alpha value is -2.28. The predicted octanol–water partition coefficient (Wildman–Crippen LogP) is 2.45. The fourth-order valence-electron chi connectivity index (χ4n) is 3.13. The first kappa shape index (κ1) is 16.6. The molecule has 2 N–H and O–H groups in total. The van der Waals surface area contributed by atoms with E-state index >= 15 is 0 Å². The topological polar surface area (TPSA) is 67.2 Å². The zero-order valence-electron chi connectivity index (χ0n) is 13.5. The average molecular weight is 335 g/mol. The molecule has 3 rings (SSSR count). The number of halogens is 2. The van der Waals surface area contributed by atoms with Gasteiger partial charge in [-0.15, -0.1) is 0 Å². The number of nitrogens with one attached hydrogen (secondary N) is 2. The summed E-state index contributed by atoms with van der Waals surface area (Å²) in [6.07, 6.45) is 0.713. The second-order valence-corrected chi connectivity index (χ2v) is 6.00. The number of benzene rings is 1. The molecule has 2 heterocycles. The molecule has 1 amide bonds. The van der Waals surface area contributed by atoms with Crippen LogP contribution >= 0.6 is 0 Å². The van der Waals surface area contributed by atoms with E-state index in [-0.39, 0.29) is 23.6 Å². The molecular formula is C17H19F2N3O2. The van der Waals surface area contributed by atoms with Gasteiger partial charge in [-0.2, -0.15) is 0 Å². The van der Waals surface area contributed by atoms with E-state index < -0.39 is 11.6 Å². The van der Waals surface area contributed by atoms with Crippen molar-refractivity contribution in [2.45, 2.75) is 32.2 Å². The van der Waals surface area contributed by atoms with Crippen LogP contribution in [0.4, 0.5) is 8.78 Å². The molecule has 0 aliphatic carbocycles. The molecule has 1 aliphatic heterocycles. The Morgan fingerprint density at radius 1 is 1.33 bits per heavy atom. The summed E-state index contributed by atoms with van der Waals surface area (Å²) < 4.78 is 32.0. The van der Waals surface area contributed by atoms with Crippen LogP contribution in [0, 0.1) is 25.5 Å². The molecule has 1 aliphatic rings. The van der Waals surface area contributed by atoms with Crippen LogP contribution in [0.15, 0.2) is 22.6 Å². The molecule has 24 heavy (non-hydrogen) atoms. The second-order valence-electron chi connectivity index (χ2n) is 6.00. The van der Waals surface area contributed by atoms with Crippen LogP contribution in [-0.2, 0) is 0 Å². The number of nitrogens with zero attached hydrogens (tertiary/aromatic N) is 1. The summed E-state index contributed by atoms with van der Waals surface area (Å²) in [6, 6.07) is 3.64. The normalized spacial score (nSPS) is 20.8. The number of carbonyl (C=O) groups excluding carboxylic acids is 1. The molecule has 5 nitrogen and oxygen atoms in total. The van der Waals surface area contributed by atoms with Crippen molar-refractivity contribution in [3.8, 4) is 0 Å². The fraction of sp³-hybridized carbons (Fsp3) is 0.412. The quantitative estimate of drug-likeness (QED) is 0.904. The Morgan fingerprint density at radius 2 is 2.12 bits per heavy atom. The van der Waals surface area contributed by atoms with E-state index in [1.165, 1.54) is 6.07 Å². The van der Waals surface area contributed by atoms with Crippen molar-refractivity contribution in [2.24, 2.45) is 0 Å². The zero-order chi connectivity index (χ0) is 17.3. The van der Waals surface area contributed by atoms with Crippen molar-refractivity contribution < 1.29 is 18.0 Å². The summed E-state index contributed by atoms with van der Waals surface area (Å²) in [5.74, 6) is -1.60. The van der Waals surface area contributed by atoms with Gasteiger partial charge in [-0.1, -0.05) is 6.07 Å². The smallest absolute Gasteiger partial charge is 0.289 e. The Balaban J connectivity index is 1.80. The summed E-state index contributed by atoms with van der Waals surface area (Å²) in [4.78, 5) is 16.5. The molecule has 0 radical (unpaired) electrons. The molecule has 1 aromatic heterocycles. The van der Waals surface area contributed by atoms with Crippen LogP contribution in [0.1, 0.15) is 40.0 Å². The standard InChI is InChI=1S/C17H19F2N3O2/c1-9-16(24-10(2)21-9)17(23)22-15-8-20-6-5-12(15)11-3-4-13(18)14(19)7-11/h3-4,7,12,15,20H,5-6,8H2,1-2H3,(H,22,23). The van der Waals surface area contributed by atoms with Gasteiger partial charge in [0.15, 0.2) is 17.5 Å². The third-order valence-corrected chi connectivity index (χ3v) is 4.28. The third-order valence-electron chi connectivity index (χ3n) is 4.28. The van der Waals surface area contributed by atoms with Crippen molar-refractivity contribution >= 4 is 5.91 Å². The fourth-order valence-corrected chi connectivity index (χ4v) is 3.13. The molecule has 1 fully saturated rings. The van der Waals surface area contributed by atoms with Gasteiger partial charge in [0.2, 0.25) is 5.76 Å². The summed E-state index contributed by atoms with van der Waals surface area (Å²) in [6.45, 7) is 4.67. The number of piperidine rings is 1. The number of hydrogen-bond acceptors (Lipinski definition) is 4. The van der Waals surface area contributed by atoms with E-state index in [1.54, 1.807) is 19.9 Å². The molecular weight excluding hydrogens is 316 g/mol. The Labute approximate surface area is 138 Å². The number of amides is 1. The predicted molar refractivity (Wildman–Crippen MR) is 83.8 cm³/mol. The highest BCUT2D eigenvalue weighted by Gasteiger charge is 2.30. The van der Waals surface area contributed by atoms with Gasteiger partial charge < -0.3 is 15.1 Å². The van der Waals surface area contributed by atoms with Gasteiger partial charge >= 0.3 is 0 Å². The first-order chi connectivity index (χ1) is 11.5. The molecule has 0 bridgehead atoms. The summed E-state index contributed by atoms with van der Waals surface area (Å²) in [5, 5.41) is 6.13. The van der Waals surface area contributed by atoms with Gasteiger partial charge in [-0.05, 0) is 37.6 Å². The minimum Gasteiger partial charge on any atom is -0.436 e. The lowest BCUT2D eigenvalue weighted by Gasteiger charge is -2.33. The van der Waals surface area contributed by atoms with Crippen molar-refractivity contribution in [2.75, 3.05) is 13.1 Å². The number of aryl methyl sites for hydroxylation is 2. The van der Waals surface area contributed by atoms with Crippen LogP contribution in [-0.4, -0.2) is 30.0 Å². The summed E-state index contributed by atoms with van der Waals surface area (Å²) in [7, 11) is 0. The number of oxazole rings is 1. The average Bonchev–Trinajstić information content (AvgIpc) is 2.89. The van der Waals surface area contributed by atoms with Crippen molar-refractivity contribution in [3.63, 3.8) is 0 Å². The van der Waals surface area contributed by atoms with Gasteiger partial charge in [-0.25, -0.2) is 13.8 Å². The van der Waals surface area contributed by atoms with Gasteiger partial charge in [0.25, 0.3) is 5.91 Å². The van der Waals surface area contributed by atoms with E-state index in [2.05, 4.69) is 15.6 Å². The van der Waals surface area contributed by atoms with E-state index in [4.69, 9.17) is 4.42 Å². The lowest BCUT2D eigenvalue weighted by molar-refractivity contribution is 0.0894. The highest BCUT2D eigenvalue weighted by molar-refractivity contribution is 5.92. The van der Waals surface area contributed by atoms with Crippen LogP contribution in [0.5, 0.6) is 0 Å². The van der Waals surface area contributed by atoms with Gasteiger partial charge in [0.05, 0.1) is 5.69 Å². The molecule has 128 valence electrons. The Bertz CT molecular complexity index is 760. The van der Waals surface area contributed by atoms with Crippen LogP contribution in [0.25, 0.3) is 0 Å². The lowest BCUT2D eigenvalue weighted by Crippen LogP contribution is -2.50. The molecule has 2 unspecified atom stereocenters. The van der Waals surface area contributed by atoms with Crippen molar-refractivity contribution in [1.82, 2.24) is 15.6 Å². The maximum Gasteiger partial charge on any atom is 0.289 e. The molecule has 2 aromatic rings. The molecule has 0 spiro atoms. The van der Waals surface area contributed by atoms with E-state index in [9.17, 15) is 13.6 Å². The van der Waals surface area contributed by atoms with Gasteiger partial charge in [0.1, 0.15) is 0 Å². The Kier molecular flexibility index (Phi) is 4.62. The summed E-state index contributed by atoms with van der Waals surface area (Å²) >= 11 is 0. The monoisotopic (exact) mass is 335 g/mol. The lowest BCUT2D eigenvalue weighted by atomic mass is 9.86. The van der Waals surface area contributed by atoms with Crippen LogP contribution in [0.2, 0.25) is 0 Å². The number of hydrogen-bond donors (Lipinski definition) is 2. The highest BCUT2D eigenvalue weighted by Crippen LogP contribution is 2.27. The highest BCUT2D eigenvalue weighted by atomic mass is 19.2. The zero-order valence-corrected chi connectivity index (χ0v) is 13.5. The minimum atomic E-state index is -0.877. The number of carbonyl (C=O) groups is 1. The SMILES string of the molecule is Cc1nc(C)c(C(=O)NC2CNCCC2c2ccc(F)c(F)c2)o1. The molecule has 0 saturated carbocycles. The van der Waals surface area contributed by atoms with Gasteiger partial charge in [0, 0.05) is 25.4 Å². The second kappa shape index (κ2) is 6.68. The largest absolute Gasteiger partial charge is 0.436 e. The van der Waals surface area contributed by atoms with Crippen molar-refractivity contribution in [3.05, 3.63) is 52.7 Å². The van der Waals surface area contributed by atoms with E-state index in [0.717, 1.165) is 12.6 Å². The number of rotatable bonds is 3. The van der Waals surface area contributed by atoms with Crippen LogP contribution < -0.4 is 10.6 Å². The molecule has 1 aromatic carbocycles.